The number of carbonyl (C=O) groups excluding carboxylic acids is 1. The molecule has 1 amide bonds. The summed E-state index contributed by atoms with van der Waals surface area (Å²) in [7, 11) is 2.67. The van der Waals surface area contributed by atoms with E-state index in [2.05, 4.69) is 9.97 Å². The molecule has 28 heavy (non-hydrogen) atoms. The number of nitrogens with zero attached hydrogens (tertiary/aromatic N) is 3. The number of methoxy groups -OCH3 is 1. The minimum atomic E-state index is -0.635. The first-order chi connectivity index (χ1) is 13.6. The summed E-state index contributed by atoms with van der Waals surface area (Å²) in [6, 6.07) is 16.2. The van der Waals surface area contributed by atoms with Crippen molar-refractivity contribution in [1.82, 2.24) is 9.97 Å². The molecule has 0 aliphatic heterocycles. The molecule has 0 spiro atoms. The number of amides is 1. The van der Waals surface area contributed by atoms with Crippen molar-refractivity contribution in [2.24, 2.45) is 0 Å². The van der Waals surface area contributed by atoms with Gasteiger partial charge in [0.1, 0.15) is 11.8 Å². The van der Waals surface area contributed by atoms with E-state index in [1.807, 2.05) is 30.3 Å². The number of carbonyl (C=O) groups is 1. The maximum atomic E-state index is 11.9. The summed E-state index contributed by atoms with van der Waals surface area (Å²) in [6.45, 7) is 0.181. The molecule has 1 aromatic carbocycles. The predicted octanol–water partition coefficient (Wildman–Crippen LogP) is 4.51. The van der Waals surface area contributed by atoms with E-state index in [0.717, 1.165) is 16.2 Å². The summed E-state index contributed by atoms with van der Waals surface area (Å²) in [5, 5.41) is 1.45. The van der Waals surface area contributed by atoms with Crippen LogP contribution in [0.4, 0.5) is 10.5 Å². The van der Waals surface area contributed by atoms with Crippen LogP contribution in [0, 0.1) is 0 Å². The molecule has 2 aromatic heterocycles. The van der Waals surface area contributed by atoms with Gasteiger partial charge in [-0.2, -0.15) is 5.06 Å². The van der Waals surface area contributed by atoms with E-state index >= 15 is 0 Å². The van der Waals surface area contributed by atoms with Crippen molar-refractivity contribution < 1.29 is 19.1 Å². The standard InChI is InChI=1S/C20H18ClN3O4/c1-26-20(25)24(27-2)17-8-4-3-6-15(17)13-28-19-9-5-7-16(23-19)14-10-11-22-18(21)12-14/h3-12H,13H2,1-2H3. The molecule has 0 saturated carbocycles. The second kappa shape index (κ2) is 9.16. The van der Waals surface area contributed by atoms with Crippen LogP contribution in [0.1, 0.15) is 5.56 Å². The van der Waals surface area contributed by atoms with E-state index in [1.165, 1.54) is 14.2 Å². The molecule has 0 N–H and O–H groups in total. The topological polar surface area (TPSA) is 73.8 Å². The van der Waals surface area contributed by atoms with Gasteiger partial charge in [0.05, 0.1) is 25.6 Å². The number of rotatable bonds is 6. The lowest BCUT2D eigenvalue weighted by Gasteiger charge is -2.21. The largest absolute Gasteiger partial charge is 0.473 e. The Labute approximate surface area is 167 Å². The number of pyridine rings is 2. The number of benzene rings is 1. The maximum absolute atomic E-state index is 11.9. The molecule has 0 aliphatic carbocycles. The number of para-hydroxylation sites is 1. The van der Waals surface area contributed by atoms with Crippen LogP contribution in [0.15, 0.2) is 60.8 Å². The summed E-state index contributed by atoms with van der Waals surface area (Å²) in [5.41, 5.74) is 2.80. The van der Waals surface area contributed by atoms with Crippen molar-refractivity contribution in [2.75, 3.05) is 19.3 Å². The summed E-state index contributed by atoms with van der Waals surface area (Å²) in [5.74, 6) is 0.433. The molecule has 0 bridgehead atoms. The molecule has 3 rings (SSSR count). The zero-order chi connectivity index (χ0) is 19.9. The third-order valence-electron chi connectivity index (χ3n) is 3.85. The third-order valence-corrected chi connectivity index (χ3v) is 4.06. The Morgan fingerprint density at radius 3 is 2.68 bits per heavy atom. The highest BCUT2D eigenvalue weighted by atomic mass is 35.5. The summed E-state index contributed by atoms with van der Waals surface area (Å²) in [6.07, 6.45) is 0.986. The minimum absolute atomic E-state index is 0.181. The molecule has 144 valence electrons. The fraction of sp³-hybridized carbons (Fsp3) is 0.150. The van der Waals surface area contributed by atoms with E-state index in [0.29, 0.717) is 22.4 Å². The summed E-state index contributed by atoms with van der Waals surface area (Å²) >= 11 is 5.95. The highest BCUT2D eigenvalue weighted by Gasteiger charge is 2.19. The predicted molar refractivity (Wildman–Crippen MR) is 105 cm³/mol. The van der Waals surface area contributed by atoms with E-state index in [4.69, 9.17) is 25.9 Å². The first-order valence-electron chi connectivity index (χ1n) is 8.34. The van der Waals surface area contributed by atoms with E-state index in [9.17, 15) is 4.79 Å². The van der Waals surface area contributed by atoms with Gasteiger partial charge >= 0.3 is 6.09 Å². The van der Waals surface area contributed by atoms with Crippen molar-refractivity contribution >= 4 is 23.4 Å². The molecule has 2 heterocycles. The van der Waals surface area contributed by atoms with Gasteiger partial charge in [0.15, 0.2) is 0 Å². The smallest absolute Gasteiger partial charge is 0.438 e. The van der Waals surface area contributed by atoms with E-state index in [-0.39, 0.29) is 6.61 Å². The summed E-state index contributed by atoms with van der Waals surface area (Å²) in [4.78, 5) is 25.5. The Bertz CT molecular complexity index is 967. The average molecular weight is 400 g/mol. The quantitative estimate of drug-likeness (QED) is 0.448. The minimum Gasteiger partial charge on any atom is -0.473 e. The van der Waals surface area contributed by atoms with Crippen LogP contribution < -0.4 is 9.80 Å². The monoisotopic (exact) mass is 399 g/mol. The van der Waals surface area contributed by atoms with Gasteiger partial charge in [-0.25, -0.2) is 14.8 Å². The van der Waals surface area contributed by atoms with Crippen LogP contribution in [0.3, 0.4) is 0 Å². The zero-order valence-electron chi connectivity index (χ0n) is 15.3. The molecule has 0 atom stereocenters. The lowest BCUT2D eigenvalue weighted by molar-refractivity contribution is 0.115. The van der Waals surface area contributed by atoms with Gasteiger partial charge in [-0.05, 0) is 24.3 Å². The Balaban J connectivity index is 1.80. The number of hydroxylamine groups is 1. The van der Waals surface area contributed by atoms with Crippen molar-refractivity contribution in [3.8, 4) is 17.1 Å². The molecule has 3 aromatic rings. The fourth-order valence-corrected chi connectivity index (χ4v) is 2.73. The molecule has 0 aliphatic rings. The number of hydrogen-bond acceptors (Lipinski definition) is 6. The molecule has 0 radical (unpaired) electrons. The van der Waals surface area contributed by atoms with Gasteiger partial charge < -0.3 is 9.47 Å². The SMILES string of the molecule is COC(=O)N(OC)c1ccccc1COc1cccc(-c2ccnc(Cl)c2)n1. The fourth-order valence-electron chi connectivity index (χ4n) is 2.55. The molecular weight excluding hydrogens is 382 g/mol. The Morgan fingerprint density at radius 2 is 1.93 bits per heavy atom. The number of ether oxygens (including phenoxy) is 2. The normalized spacial score (nSPS) is 10.4. The second-order valence-electron chi connectivity index (χ2n) is 5.59. The van der Waals surface area contributed by atoms with Crippen LogP contribution in [-0.2, 0) is 16.2 Å². The highest BCUT2D eigenvalue weighted by Crippen LogP contribution is 2.25. The zero-order valence-corrected chi connectivity index (χ0v) is 16.1. The van der Waals surface area contributed by atoms with Gasteiger partial charge in [0.2, 0.25) is 5.88 Å². The van der Waals surface area contributed by atoms with Crippen LogP contribution in [-0.4, -0.2) is 30.3 Å². The molecular formula is C20H18ClN3O4. The Hall–Kier alpha value is -3.16. The lowest BCUT2D eigenvalue weighted by atomic mass is 10.2. The first kappa shape index (κ1) is 19.6. The van der Waals surface area contributed by atoms with E-state index < -0.39 is 6.09 Å². The molecule has 0 fully saturated rings. The second-order valence-corrected chi connectivity index (χ2v) is 5.98. The molecule has 8 heteroatoms. The van der Waals surface area contributed by atoms with Crippen molar-refractivity contribution in [2.45, 2.75) is 6.61 Å². The molecule has 0 saturated heterocycles. The van der Waals surface area contributed by atoms with E-state index in [1.54, 1.807) is 30.5 Å². The van der Waals surface area contributed by atoms with Crippen LogP contribution in [0.25, 0.3) is 11.3 Å². The summed E-state index contributed by atoms with van der Waals surface area (Å²) < 4.78 is 10.6. The van der Waals surface area contributed by atoms with Gasteiger partial charge in [0, 0.05) is 23.4 Å². The third kappa shape index (κ3) is 4.57. The van der Waals surface area contributed by atoms with Crippen molar-refractivity contribution in [3.63, 3.8) is 0 Å². The lowest BCUT2D eigenvalue weighted by Crippen LogP contribution is -2.30. The Kier molecular flexibility index (Phi) is 6.41. The number of anilines is 1. The maximum Gasteiger partial charge on any atom is 0.438 e. The van der Waals surface area contributed by atoms with Gasteiger partial charge in [-0.1, -0.05) is 35.9 Å². The van der Waals surface area contributed by atoms with Crippen LogP contribution in [0.2, 0.25) is 5.15 Å². The average Bonchev–Trinajstić information content (AvgIpc) is 2.73. The van der Waals surface area contributed by atoms with Crippen molar-refractivity contribution in [3.05, 3.63) is 71.5 Å². The molecule has 7 nitrogen and oxygen atoms in total. The first-order valence-corrected chi connectivity index (χ1v) is 8.72. The Morgan fingerprint density at radius 1 is 1.11 bits per heavy atom. The molecule has 0 unspecified atom stereocenters. The van der Waals surface area contributed by atoms with Crippen molar-refractivity contribution in [1.29, 1.82) is 0 Å². The van der Waals surface area contributed by atoms with Crippen LogP contribution >= 0.6 is 11.6 Å². The number of halogens is 1. The number of aromatic nitrogens is 2. The highest BCUT2D eigenvalue weighted by molar-refractivity contribution is 6.29. The van der Waals surface area contributed by atoms with Crippen LogP contribution in [0.5, 0.6) is 5.88 Å². The number of hydrogen-bond donors (Lipinski definition) is 0. The van der Waals surface area contributed by atoms with Gasteiger partial charge in [-0.15, -0.1) is 0 Å². The van der Waals surface area contributed by atoms with Gasteiger partial charge in [-0.3, -0.25) is 4.84 Å². The van der Waals surface area contributed by atoms with Gasteiger partial charge in [0.25, 0.3) is 0 Å².